The molecule has 0 bridgehead atoms. The first-order chi connectivity index (χ1) is 13.1. The molecule has 1 aromatic carbocycles. The maximum atomic E-state index is 12.6. The van der Waals surface area contributed by atoms with Crippen LogP contribution in [-0.2, 0) is 11.5 Å². The van der Waals surface area contributed by atoms with Gasteiger partial charge in [0, 0.05) is 37.8 Å². The van der Waals surface area contributed by atoms with Gasteiger partial charge in [-0.2, -0.15) is 0 Å². The highest BCUT2D eigenvalue weighted by Crippen LogP contribution is 2.34. The molecule has 3 heterocycles. The van der Waals surface area contributed by atoms with Crippen LogP contribution in [0.15, 0.2) is 18.2 Å². The Balaban J connectivity index is 1.30. The highest BCUT2D eigenvalue weighted by molar-refractivity contribution is 7.73. The van der Waals surface area contributed by atoms with E-state index in [1.807, 2.05) is 23.9 Å². The first-order valence-electron chi connectivity index (χ1n) is 8.81. The summed E-state index contributed by atoms with van der Waals surface area (Å²) in [7, 11) is 1.84. The average molecular weight is 408 g/mol. The summed E-state index contributed by atoms with van der Waals surface area (Å²) in [6, 6.07) is 5.46. The van der Waals surface area contributed by atoms with Gasteiger partial charge in [-0.3, -0.25) is 9.69 Å². The molecular formula is C17H21N5O3S2. The average Bonchev–Trinajstić information content (AvgIpc) is 3.28. The number of hydrogen-bond acceptors (Lipinski definition) is 8. The zero-order chi connectivity index (χ0) is 18.8. The Morgan fingerprint density at radius 3 is 2.85 bits per heavy atom. The smallest absolute Gasteiger partial charge is 0.231 e. The summed E-state index contributed by atoms with van der Waals surface area (Å²) in [6.07, 6.45) is 1.62. The van der Waals surface area contributed by atoms with E-state index in [2.05, 4.69) is 20.6 Å². The molecule has 0 saturated carbocycles. The molecule has 1 amide bonds. The summed E-state index contributed by atoms with van der Waals surface area (Å²) < 4.78 is 13.2. The minimum atomic E-state index is 0.00273. The highest BCUT2D eigenvalue weighted by Gasteiger charge is 2.26. The summed E-state index contributed by atoms with van der Waals surface area (Å²) in [5.41, 5.74) is 0.736. The quantitative estimate of drug-likeness (QED) is 0.738. The van der Waals surface area contributed by atoms with E-state index < -0.39 is 0 Å². The molecule has 2 aliphatic rings. The van der Waals surface area contributed by atoms with Crippen LogP contribution in [0.25, 0.3) is 0 Å². The number of piperidine rings is 1. The Labute approximate surface area is 166 Å². The number of carbonyl (C=O) groups excluding carboxylic acids is 1. The van der Waals surface area contributed by atoms with Crippen molar-refractivity contribution < 1.29 is 14.3 Å². The molecule has 0 atom stereocenters. The summed E-state index contributed by atoms with van der Waals surface area (Å²) in [6.45, 7) is 2.57. The largest absolute Gasteiger partial charge is 0.454 e. The van der Waals surface area contributed by atoms with Gasteiger partial charge in [-0.25, -0.2) is 4.68 Å². The van der Waals surface area contributed by atoms with Gasteiger partial charge in [0.2, 0.25) is 17.8 Å². The molecule has 0 spiro atoms. The fraction of sp³-hybridized carbons (Fsp3) is 0.471. The molecule has 0 aliphatic carbocycles. The number of anilines is 2. The number of hydrogen-bond donors (Lipinski definition) is 2. The van der Waals surface area contributed by atoms with Crippen molar-refractivity contribution in [3.8, 4) is 11.5 Å². The Bertz CT molecular complexity index is 889. The molecule has 4 rings (SSSR count). The maximum Gasteiger partial charge on any atom is 0.231 e. The third-order valence-electron chi connectivity index (χ3n) is 4.75. The molecule has 8 nitrogen and oxygen atoms in total. The van der Waals surface area contributed by atoms with Crippen molar-refractivity contribution in [3.63, 3.8) is 0 Å². The fourth-order valence-electron chi connectivity index (χ4n) is 3.24. The van der Waals surface area contributed by atoms with Crippen molar-refractivity contribution >= 4 is 40.3 Å². The predicted octanol–water partition coefficient (Wildman–Crippen LogP) is 2.75. The van der Waals surface area contributed by atoms with Crippen molar-refractivity contribution in [2.24, 2.45) is 5.92 Å². The summed E-state index contributed by atoms with van der Waals surface area (Å²) in [5.74, 6) is 1.44. The molecule has 2 aromatic rings. The summed E-state index contributed by atoms with van der Waals surface area (Å²) in [4.78, 5) is 14.9. The molecule has 1 aromatic heterocycles. The zero-order valence-electron chi connectivity index (χ0n) is 14.9. The molecule has 0 unspecified atom stereocenters. The molecule has 144 valence electrons. The van der Waals surface area contributed by atoms with E-state index >= 15 is 0 Å². The first kappa shape index (κ1) is 18.2. The van der Waals surface area contributed by atoms with Crippen molar-refractivity contribution in [2.75, 3.05) is 37.6 Å². The van der Waals surface area contributed by atoms with Crippen LogP contribution in [0.1, 0.15) is 12.8 Å². The van der Waals surface area contributed by atoms with Crippen LogP contribution in [0.5, 0.6) is 11.5 Å². The monoisotopic (exact) mass is 407 g/mol. The van der Waals surface area contributed by atoms with Gasteiger partial charge in [0.1, 0.15) is 0 Å². The Kier molecular flexibility index (Phi) is 5.28. The molecule has 27 heavy (non-hydrogen) atoms. The van der Waals surface area contributed by atoms with Crippen LogP contribution in [0.4, 0.5) is 10.8 Å². The van der Waals surface area contributed by atoms with E-state index in [1.54, 1.807) is 6.07 Å². The molecule has 1 fully saturated rings. The number of amides is 1. The molecule has 2 aliphatic heterocycles. The van der Waals surface area contributed by atoms with Gasteiger partial charge in [-0.05, 0) is 37.2 Å². The molecule has 10 heteroatoms. The number of nitrogens with one attached hydrogen (secondary N) is 2. The second-order valence-corrected chi connectivity index (χ2v) is 8.14. The summed E-state index contributed by atoms with van der Waals surface area (Å²) >= 11 is 6.81. The minimum Gasteiger partial charge on any atom is -0.454 e. The zero-order valence-corrected chi connectivity index (χ0v) is 16.6. The number of ether oxygens (including phenoxy) is 2. The number of rotatable bonds is 5. The lowest BCUT2D eigenvalue weighted by molar-refractivity contribution is -0.121. The first-order valence-corrected chi connectivity index (χ1v) is 10.0. The second-order valence-electron chi connectivity index (χ2n) is 6.51. The molecular weight excluding hydrogens is 386 g/mol. The van der Waals surface area contributed by atoms with E-state index in [0.29, 0.717) is 18.2 Å². The topological polar surface area (TPSA) is 80.7 Å². The van der Waals surface area contributed by atoms with Gasteiger partial charge < -0.3 is 20.1 Å². The highest BCUT2D eigenvalue weighted by atomic mass is 32.1. The third-order valence-corrected chi connectivity index (χ3v) is 6.08. The van der Waals surface area contributed by atoms with Crippen LogP contribution >= 0.6 is 23.6 Å². The van der Waals surface area contributed by atoms with Crippen LogP contribution in [0, 0.1) is 9.87 Å². The van der Waals surface area contributed by atoms with Crippen LogP contribution in [0.2, 0.25) is 0 Å². The number of carbonyl (C=O) groups is 1. The molecule has 2 N–H and O–H groups in total. The van der Waals surface area contributed by atoms with E-state index in [-0.39, 0.29) is 18.6 Å². The number of benzene rings is 1. The van der Waals surface area contributed by atoms with Crippen LogP contribution in [0.3, 0.4) is 0 Å². The number of nitrogens with zero attached hydrogens (tertiary/aromatic N) is 3. The van der Waals surface area contributed by atoms with Crippen molar-refractivity contribution in [2.45, 2.75) is 19.5 Å². The van der Waals surface area contributed by atoms with E-state index in [9.17, 15) is 4.79 Å². The standard InChI is InChI=1S/C17H21N5O3S2/c1-18-16-20-22(17(26)27-16)9-21-6-4-11(5-7-21)15(23)19-12-2-3-13-14(8-12)25-10-24-13/h2-3,8,11H,4-7,9-10H2,1H3,(H,18,20)(H,19,23). The van der Waals surface area contributed by atoms with Gasteiger partial charge in [-0.1, -0.05) is 11.3 Å². The van der Waals surface area contributed by atoms with E-state index in [1.165, 1.54) is 11.3 Å². The lowest BCUT2D eigenvalue weighted by atomic mass is 9.96. The normalized spacial score (nSPS) is 17.1. The predicted molar refractivity (Wildman–Crippen MR) is 106 cm³/mol. The number of aromatic nitrogens is 2. The van der Waals surface area contributed by atoms with Gasteiger partial charge >= 0.3 is 0 Å². The van der Waals surface area contributed by atoms with Gasteiger partial charge in [0.25, 0.3) is 0 Å². The van der Waals surface area contributed by atoms with Crippen molar-refractivity contribution in [1.82, 2.24) is 14.7 Å². The lowest BCUT2D eigenvalue weighted by Crippen LogP contribution is -2.39. The summed E-state index contributed by atoms with van der Waals surface area (Å²) in [5, 5.41) is 11.3. The Hall–Kier alpha value is -2.17. The maximum absolute atomic E-state index is 12.6. The van der Waals surface area contributed by atoms with Crippen molar-refractivity contribution in [3.05, 3.63) is 22.2 Å². The van der Waals surface area contributed by atoms with Crippen LogP contribution < -0.4 is 20.1 Å². The van der Waals surface area contributed by atoms with Gasteiger partial charge in [0.15, 0.2) is 15.5 Å². The van der Waals surface area contributed by atoms with Gasteiger partial charge in [0.05, 0.1) is 6.67 Å². The van der Waals surface area contributed by atoms with E-state index in [4.69, 9.17) is 21.7 Å². The third kappa shape index (κ3) is 4.07. The van der Waals surface area contributed by atoms with E-state index in [0.717, 1.165) is 40.7 Å². The molecule has 0 radical (unpaired) electrons. The Morgan fingerprint density at radius 1 is 1.33 bits per heavy atom. The molecule has 1 saturated heterocycles. The van der Waals surface area contributed by atoms with Crippen molar-refractivity contribution in [1.29, 1.82) is 0 Å². The SMILES string of the molecule is CNc1nn(CN2CCC(C(=O)Nc3ccc4c(c3)OCO4)CC2)c(=S)s1. The fourth-order valence-corrected chi connectivity index (χ4v) is 4.19. The van der Waals surface area contributed by atoms with Gasteiger partial charge in [-0.15, -0.1) is 5.10 Å². The number of fused-ring (bicyclic) bond motifs is 1. The Morgan fingerprint density at radius 2 is 2.11 bits per heavy atom. The minimum absolute atomic E-state index is 0.00273. The second kappa shape index (κ2) is 7.83. The number of likely N-dealkylation sites (tertiary alicyclic amines) is 1. The lowest BCUT2D eigenvalue weighted by Gasteiger charge is -2.30. The van der Waals surface area contributed by atoms with Crippen LogP contribution in [-0.4, -0.2) is 47.5 Å².